The van der Waals surface area contributed by atoms with E-state index in [2.05, 4.69) is 33.8 Å². The first-order valence-electron chi connectivity index (χ1n) is 12.0. The average molecular weight is 455 g/mol. The highest BCUT2D eigenvalue weighted by atomic mass is 19.4. The summed E-state index contributed by atoms with van der Waals surface area (Å²) in [6.45, 7) is 7.24. The Labute approximate surface area is 196 Å². The average Bonchev–Trinajstić information content (AvgIpc) is 2.73. The van der Waals surface area contributed by atoms with Crippen LogP contribution in [0.5, 0.6) is 0 Å². The first kappa shape index (κ1) is 25.3. The number of hydrogen-bond donors (Lipinski definition) is 0. The van der Waals surface area contributed by atoms with E-state index >= 15 is 0 Å². The summed E-state index contributed by atoms with van der Waals surface area (Å²) in [6.07, 6.45) is 1.16. The molecule has 2 nitrogen and oxygen atoms in total. The second-order valence-electron chi connectivity index (χ2n) is 9.90. The van der Waals surface area contributed by atoms with Gasteiger partial charge in [0.15, 0.2) is 0 Å². The highest BCUT2D eigenvalue weighted by Gasteiger charge is 2.35. The molecule has 0 saturated carbocycles. The monoisotopic (exact) mass is 455 g/mol. The van der Waals surface area contributed by atoms with Crippen LogP contribution in [-0.2, 0) is 12.8 Å². The van der Waals surface area contributed by atoms with Gasteiger partial charge in [-0.25, -0.2) is 0 Å². The molecule has 0 aromatic heterocycles. The highest BCUT2D eigenvalue weighted by Crippen LogP contribution is 2.40. The van der Waals surface area contributed by atoms with Crippen molar-refractivity contribution in [2.45, 2.75) is 84.9 Å². The number of aliphatic imine (C=N–C) groups is 2. The van der Waals surface area contributed by atoms with E-state index in [0.29, 0.717) is 24.1 Å². The molecule has 0 spiro atoms. The maximum absolute atomic E-state index is 14.1. The summed E-state index contributed by atoms with van der Waals surface area (Å²) in [7, 11) is 0. The zero-order valence-corrected chi connectivity index (χ0v) is 20.6. The molecule has 1 heterocycles. The van der Waals surface area contributed by atoms with E-state index in [-0.39, 0.29) is 24.7 Å². The Morgan fingerprint density at radius 3 is 1.76 bits per heavy atom. The normalized spacial score (nSPS) is 18.0. The third-order valence-electron chi connectivity index (χ3n) is 6.67. The van der Waals surface area contributed by atoms with Gasteiger partial charge in [-0.1, -0.05) is 82.8 Å². The third kappa shape index (κ3) is 5.96. The first-order valence-corrected chi connectivity index (χ1v) is 12.0. The summed E-state index contributed by atoms with van der Waals surface area (Å²) < 4.78 is 42.3. The van der Waals surface area contributed by atoms with Crippen LogP contribution in [0.15, 0.2) is 46.4 Å². The Kier molecular flexibility index (Phi) is 7.86. The largest absolute Gasteiger partial charge is 0.481 e. The van der Waals surface area contributed by atoms with Gasteiger partial charge >= 0.3 is 6.98 Å². The van der Waals surface area contributed by atoms with Gasteiger partial charge in [-0.3, -0.25) is 9.98 Å². The lowest BCUT2D eigenvalue weighted by Crippen LogP contribution is -2.26. The van der Waals surface area contributed by atoms with E-state index in [1.165, 1.54) is 0 Å². The molecule has 2 aromatic rings. The Bertz CT molecular complexity index is 1050. The van der Waals surface area contributed by atoms with Crippen molar-refractivity contribution in [1.29, 1.82) is 0 Å². The molecule has 1 atom stereocenters. The Morgan fingerprint density at radius 1 is 0.788 bits per heavy atom. The third-order valence-corrected chi connectivity index (χ3v) is 6.67. The van der Waals surface area contributed by atoms with Gasteiger partial charge in [0.05, 0.1) is 22.8 Å². The highest BCUT2D eigenvalue weighted by molar-refractivity contribution is 6.60. The molecule has 0 N–H and O–H groups in total. The van der Waals surface area contributed by atoms with Crippen molar-refractivity contribution < 1.29 is 12.9 Å². The van der Waals surface area contributed by atoms with Crippen LogP contribution in [0, 0.1) is 0 Å². The molecular weight excluding hydrogens is 420 g/mol. The topological polar surface area (TPSA) is 24.7 Å². The standard InChI is InChI=1S/C27H35BF3N2/c1-17(2)24-14-8-11-21-10-7-13-23(28(29,30)31)16-22-12-9-15-25(18(3)4)27(22)33-20(6)19(5)32-26(21)24/h8-9,11-12,14-15,17-18,23H,7,10,13,16H2,1-6H3/q-1/t23-/m1/s1. The first-order chi connectivity index (χ1) is 15.5. The molecule has 0 amide bonds. The molecule has 0 saturated heterocycles. The number of halogens is 3. The lowest BCUT2D eigenvalue weighted by molar-refractivity contribution is 0.416. The summed E-state index contributed by atoms with van der Waals surface area (Å²) in [5.41, 5.74) is 6.90. The van der Waals surface area contributed by atoms with Gasteiger partial charge in [0.2, 0.25) is 0 Å². The zero-order valence-electron chi connectivity index (χ0n) is 20.6. The quantitative estimate of drug-likeness (QED) is 0.413. The molecular formula is C27H35BF3N2-. The number of para-hydroxylation sites is 2. The van der Waals surface area contributed by atoms with Crippen LogP contribution >= 0.6 is 0 Å². The van der Waals surface area contributed by atoms with E-state index in [0.717, 1.165) is 33.8 Å². The minimum atomic E-state index is -4.96. The molecule has 2 aromatic carbocycles. The predicted octanol–water partition coefficient (Wildman–Crippen LogP) is 8.91. The Balaban J connectivity index is 2.24. The van der Waals surface area contributed by atoms with Crippen molar-refractivity contribution in [3.63, 3.8) is 0 Å². The van der Waals surface area contributed by atoms with Gasteiger partial charge in [-0.05, 0) is 60.8 Å². The summed E-state index contributed by atoms with van der Waals surface area (Å²) in [4.78, 5) is 9.88. The van der Waals surface area contributed by atoms with Crippen molar-refractivity contribution >= 4 is 29.8 Å². The minimum Gasteiger partial charge on any atom is -0.449 e. The number of aryl methyl sites for hydroxylation is 1. The van der Waals surface area contributed by atoms with Gasteiger partial charge in [0.25, 0.3) is 0 Å². The molecule has 1 aliphatic rings. The smallest absolute Gasteiger partial charge is 0.449 e. The second-order valence-corrected chi connectivity index (χ2v) is 9.90. The van der Waals surface area contributed by atoms with Crippen molar-refractivity contribution in [2.75, 3.05) is 0 Å². The lowest BCUT2D eigenvalue weighted by Gasteiger charge is -2.28. The van der Waals surface area contributed by atoms with E-state index in [1.807, 2.05) is 44.2 Å². The number of rotatable bonds is 3. The molecule has 3 rings (SSSR count). The van der Waals surface area contributed by atoms with Crippen LogP contribution in [-0.4, -0.2) is 18.4 Å². The number of benzene rings is 2. The van der Waals surface area contributed by atoms with Crippen molar-refractivity contribution in [1.82, 2.24) is 0 Å². The van der Waals surface area contributed by atoms with Crippen molar-refractivity contribution in [3.8, 4) is 0 Å². The van der Waals surface area contributed by atoms with E-state index in [9.17, 15) is 12.9 Å². The summed E-state index contributed by atoms with van der Waals surface area (Å²) in [6, 6.07) is 11.7. The molecule has 6 heteroatoms. The Hall–Kier alpha value is -2.37. The zero-order chi connectivity index (χ0) is 24.3. The molecule has 178 valence electrons. The molecule has 1 aliphatic heterocycles. The van der Waals surface area contributed by atoms with E-state index in [4.69, 9.17) is 9.98 Å². The molecule has 0 bridgehead atoms. The molecule has 0 fully saturated rings. The van der Waals surface area contributed by atoms with Gasteiger partial charge in [0, 0.05) is 0 Å². The molecule has 33 heavy (non-hydrogen) atoms. The van der Waals surface area contributed by atoms with Crippen LogP contribution in [0.1, 0.15) is 88.5 Å². The maximum atomic E-state index is 14.1. The molecule has 0 unspecified atom stereocenters. The molecule has 0 aliphatic carbocycles. The Morgan fingerprint density at radius 2 is 1.27 bits per heavy atom. The number of nitrogens with zero attached hydrogens (tertiary/aromatic N) is 2. The van der Waals surface area contributed by atoms with Gasteiger partial charge in [-0.15, -0.1) is 0 Å². The second kappa shape index (κ2) is 10.3. The predicted molar refractivity (Wildman–Crippen MR) is 136 cm³/mol. The van der Waals surface area contributed by atoms with Crippen molar-refractivity contribution in [2.24, 2.45) is 9.98 Å². The van der Waals surface area contributed by atoms with E-state index in [1.54, 1.807) is 0 Å². The molecule has 0 radical (unpaired) electrons. The van der Waals surface area contributed by atoms with Crippen LogP contribution in [0.2, 0.25) is 5.82 Å². The summed E-state index contributed by atoms with van der Waals surface area (Å²) >= 11 is 0. The van der Waals surface area contributed by atoms with Crippen LogP contribution in [0.4, 0.5) is 24.3 Å². The SMILES string of the molecule is CC1=Nc2c(cccc2C(C)C)CCC[C@@H]([B-](F)(F)F)Cc2cccc(C(C)C)c2N=C1C. The van der Waals surface area contributed by atoms with Crippen molar-refractivity contribution in [3.05, 3.63) is 58.7 Å². The summed E-state index contributed by atoms with van der Waals surface area (Å²) in [5, 5.41) is 0. The van der Waals surface area contributed by atoms with Gasteiger partial charge in [0.1, 0.15) is 0 Å². The summed E-state index contributed by atoms with van der Waals surface area (Å²) in [5.74, 6) is -0.905. The fraction of sp³-hybridized carbons (Fsp3) is 0.481. The fourth-order valence-corrected chi connectivity index (χ4v) is 4.55. The van der Waals surface area contributed by atoms with Gasteiger partial charge < -0.3 is 12.9 Å². The fourth-order valence-electron chi connectivity index (χ4n) is 4.55. The van der Waals surface area contributed by atoms with Gasteiger partial charge in [-0.2, -0.15) is 0 Å². The van der Waals surface area contributed by atoms with E-state index < -0.39 is 12.8 Å². The van der Waals surface area contributed by atoms with Crippen LogP contribution in [0.25, 0.3) is 0 Å². The number of hydrogen-bond acceptors (Lipinski definition) is 2. The maximum Gasteiger partial charge on any atom is 0.481 e. The minimum absolute atomic E-state index is 0.0226. The van der Waals surface area contributed by atoms with Crippen LogP contribution in [0.3, 0.4) is 0 Å². The lowest BCUT2D eigenvalue weighted by atomic mass is 9.66. The number of fused-ring (bicyclic) bond motifs is 2. The van der Waals surface area contributed by atoms with Crippen LogP contribution < -0.4 is 0 Å².